The van der Waals surface area contributed by atoms with Crippen molar-refractivity contribution < 1.29 is 14.7 Å². The number of nitrogens with zero attached hydrogens (tertiary/aromatic N) is 1. The molecule has 1 amide bonds. The number of amides is 1. The van der Waals surface area contributed by atoms with Gasteiger partial charge in [0.1, 0.15) is 0 Å². The highest BCUT2D eigenvalue weighted by atomic mass is 16.4. The Morgan fingerprint density at radius 2 is 1.86 bits per heavy atom. The van der Waals surface area contributed by atoms with E-state index < -0.39 is 11.5 Å². The number of hydrogen-bond donors (Lipinski definition) is 1. The van der Waals surface area contributed by atoms with E-state index in [2.05, 4.69) is 6.92 Å². The van der Waals surface area contributed by atoms with Gasteiger partial charge >= 0.3 is 5.97 Å². The predicted octanol–water partition coefficient (Wildman–Crippen LogP) is 2.95. The van der Waals surface area contributed by atoms with Crippen molar-refractivity contribution in [1.29, 1.82) is 0 Å². The average Bonchev–Trinajstić information content (AvgIpc) is 3.23. The van der Waals surface area contributed by atoms with Crippen LogP contribution in [0.25, 0.3) is 0 Å². The smallest absolute Gasteiger partial charge is 0.334 e. The molecule has 0 aliphatic heterocycles. The molecule has 0 bridgehead atoms. The topological polar surface area (TPSA) is 57.6 Å². The fourth-order valence-electron chi connectivity index (χ4n) is 2.92. The number of rotatable bonds is 6. The summed E-state index contributed by atoms with van der Waals surface area (Å²) in [6.45, 7) is 5.19. The van der Waals surface area contributed by atoms with E-state index in [1.165, 1.54) is 17.4 Å². The van der Waals surface area contributed by atoms with Crippen molar-refractivity contribution in [3.05, 3.63) is 35.4 Å². The molecule has 1 aromatic carbocycles. The van der Waals surface area contributed by atoms with Gasteiger partial charge in [-0.1, -0.05) is 37.6 Å². The lowest BCUT2D eigenvalue weighted by Crippen LogP contribution is -2.53. The van der Waals surface area contributed by atoms with E-state index in [0.29, 0.717) is 5.56 Å². The Morgan fingerprint density at radius 3 is 2.24 bits per heavy atom. The van der Waals surface area contributed by atoms with Crippen LogP contribution in [0.2, 0.25) is 0 Å². The molecule has 1 aliphatic carbocycles. The van der Waals surface area contributed by atoms with E-state index in [0.717, 1.165) is 25.7 Å². The standard InChI is InChI=1S/C17H23NO3/c1-4-5-13-6-8-14(9-7-13)17(3,16(20)21)18(12(2)19)15-10-11-15/h6-9,15H,4-5,10-11H2,1-3H3,(H,20,21). The van der Waals surface area contributed by atoms with Crippen LogP contribution in [0, 0.1) is 0 Å². The maximum absolute atomic E-state index is 12.0. The Bertz CT molecular complexity index is 533. The lowest BCUT2D eigenvalue weighted by atomic mass is 9.88. The van der Waals surface area contributed by atoms with Gasteiger partial charge in [0.15, 0.2) is 5.54 Å². The molecule has 0 radical (unpaired) electrons. The summed E-state index contributed by atoms with van der Waals surface area (Å²) in [5.74, 6) is -1.16. The summed E-state index contributed by atoms with van der Waals surface area (Å²) in [6, 6.07) is 7.67. The van der Waals surface area contributed by atoms with Crippen molar-refractivity contribution in [2.75, 3.05) is 0 Å². The van der Waals surface area contributed by atoms with Crippen LogP contribution < -0.4 is 0 Å². The zero-order chi connectivity index (χ0) is 15.6. The van der Waals surface area contributed by atoms with E-state index in [9.17, 15) is 14.7 Å². The van der Waals surface area contributed by atoms with E-state index in [1.54, 1.807) is 6.92 Å². The third-order valence-corrected chi connectivity index (χ3v) is 4.20. The van der Waals surface area contributed by atoms with Gasteiger partial charge in [0.25, 0.3) is 0 Å². The van der Waals surface area contributed by atoms with Gasteiger partial charge in [0.2, 0.25) is 5.91 Å². The molecule has 21 heavy (non-hydrogen) atoms. The van der Waals surface area contributed by atoms with Crippen LogP contribution in [0.3, 0.4) is 0 Å². The summed E-state index contributed by atoms with van der Waals surface area (Å²) >= 11 is 0. The van der Waals surface area contributed by atoms with Crippen LogP contribution in [-0.4, -0.2) is 27.9 Å². The summed E-state index contributed by atoms with van der Waals surface area (Å²) in [5.41, 5.74) is 0.560. The van der Waals surface area contributed by atoms with Gasteiger partial charge in [0.05, 0.1) is 0 Å². The minimum absolute atomic E-state index is 0.0546. The second-order valence-electron chi connectivity index (χ2n) is 5.94. The summed E-state index contributed by atoms with van der Waals surface area (Å²) in [5, 5.41) is 9.76. The molecule has 0 heterocycles. The molecule has 2 rings (SSSR count). The van der Waals surface area contributed by atoms with Crippen LogP contribution in [-0.2, 0) is 21.5 Å². The number of benzene rings is 1. The zero-order valence-electron chi connectivity index (χ0n) is 12.9. The third kappa shape index (κ3) is 2.94. The van der Waals surface area contributed by atoms with Gasteiger partial charge < -0.3 is 10.0 Å². The normalized spacial score (nSPS) is 17.1. The Hall–Kier alpha value is -1.84. The molecule has 4 nitrogen and oxygen atoms in total. The van der Waals surface area contributed by atoms with Crippen molar-refractivity contribution in [2.24, 2.45) is 0 Å². The number of carboxylic acid groups (broad SMARTS) is 1. The second kappa shape index (κ2) is 5.88. The first kappa shape index (κ1) is 15.5. The Morgan fingerprint density at radius 1 is 1.29 bits per heavy atom. The number of hydrogen-bond acceptors (Lipinski definition) is 2. The molecule has 0 aromatic heterocycles. The van der Waals surface area contributed by atoms with Crippen molar-refractivity contribution in [1.82, 2.24) is 4.90 Å². The van der Waals surface area contributed by atoms with Gasteiger partial charge in [-0.25, -0.2) is 4.79 Å². The molecule has 1 aliphatic rings. The predicted molar refractivity (Wildman–Crippen MR) is 81.0 cm³/mol. The second-order valence-corrected chi connectivity index (χ2v) is 5.94. The largest absolute Gasteiger partial charge is 0.479 e. The summed E-state index contributed by atoms with van der Waals surface area (Å²) in [7, 11) is 0. The quantitative estimate of drug-likeness (QED) is 0.876. The molecule has 1 fully saturated rings. The van der Waals surface area contributed by atoms with Gasteiger partial charge in [-0.2, -0.15) is 0 Å². The van der Waals surface area contributed by atoms with E-state index >= 15 is 0 Å². The van der Waals surface area contributed by atoms with Crippen LogP contribution in [0.5, 0.6) is 0 Å². The number of carboxylic acids is 1. The number of carbonyl (C=O) groups is 2. The summed E-state index contributed by atoms with van der Waals surface area (Å²) in [4.78, 5) is 25.4. The Balaban J connectivity index is 2.41. The van der Waals surface area contributed by atoms with E-state index in [-0.39, 0.29) is 11.9 Å². The molecular formula is C17H23NO3. The molecule has 0 spiro atoms. The van der Waals surface area contributed by atoms with Crippen molar-refractivity contribution in [2.45, 2.75) is 58.0 Å². The molecule has 1 aromatic rings. The maximum Gasteiger partial charge on any atom is 0.334 e. The Labute approximate surface area is 125 Å². The lowest BCUT2D eigenvalue weighted by Gasteiger charge is -2.38. The Kier molecular flexibility index (Phi) is 4.35. The van der Waals surface area contributed by atoms with Crippen molar-refractivity contribution in [3.63, 3.8) is 0 Å². The summed E-state index contributed by atoms with van der Waals surface area (Å²) < 4.78 is 0. The third-order valence-electron chi connectivity index (χ3n) is 4.20. The first-order chi connectivity index (χ1) is 9.91. The van der Waals surface area contributed by atoms with Crippen LogP contribution in [0.1, 0.15) is 51.2 Å². The number of aryl methyl sites for hydroxylation is 1. The van der Waals surface area contributed by atoms with Crippen molar-refractivity contribution >= 4 is 11.9 Å². The summed E-state index contributed by atoms with van der Waals surface area (Å²) in [6.07, 6.45) is 3.80. The molecule has 114 valence electrons. The minimum Gasteiger partial charge on any atom is -0.479 e. The van der Waals surface area contributed by atoms with E-state index in [1.807, 2.05) is 24.3 Å². The number of carbonyl (C=O) groups excluding carboxylic acids is 1. The first-order valence-electron chi connectivity index (χ1n) is 7.54. The van der Waals surface area contributed by atoms with Crippen LogP contribution in [0.15, 0.2) is 24.3 Å². The van der Waals surface area contributed by atoms with Crippen LogP contribution in [0.4, 0.5) is 0 Å². The highest BCUT2D eigenvalue weighted by Gasteiger charge is 2.49. The highest BCUT2D eigenvalue weighted by Crippen LogP contribution is 2.39. The first-order valence-corrected chi connectivity index (χ1v) is 7.54. The lowest BCUT2D eigenvalue weighted by molar-refractivity contribution is -0.159. The zero-order valence-corrected chi connectivity index (χ0v) is 12.9. The fraction of sp³-hybridized carbons (Fsp3) is 0.529. The molecule has 1 unspecified atom stereocenters. The van der Waals surface area contributed by atoms with Gasteiger partial charge in [-0.05, 0) is 37.3 Å². The SMILES string of the molecule is CCCc1ccc(C(C)(C(=O)O)N(C(C)=O)C2CC2)cc1. The maximum atomic E-state index is 12.0. The molecule has 0 saturated heterocycles. The molecule has 1 N–H and O–H groups in total. The highest BCUT2D eigenvalue weighted by molar-refractivity contribution is 5.87. The molecule has 1 saturated carbocycles. The molecule has 4 heteroatoms. The fourth-order valence-corrected chi connectivity index (χ4v) is 2.92. The molecule has 1 atom stereocenters. The van der Waals surface area contributed by atoms with E-state index in [4.69, 9.17) is 0 Å². The number of aliphatic carboxylic acids is 1. The monoisotopic (exact) mass is 289 g/mol. The average molecular weight is 289 g/mol. The van der Waals surface area contributed by atoms with Crippen molar-refractivity contribution in [3.8, 4) is 0 Å². The van der Waals surface area contributed by atoms with Gasteiger partial charge in [0, 0.05) is 13.0 Å². The van der Waals surface area contributed by atoms with Gasteiger partial charge in [-0.15, -0.1) is 0 Å². The minimum atomic E-state index is -1.29. The van der Waals surface area contributed by atoms with Crippen LogP contribution >= 0.6 is 0 Å². The molecular weight excluding hydrogens is 266 g/mol. The van der Waals surface area contributed by atoms with Gasteiger partial charge in [-0.3, -0.25) is 4.79 Å².